The number of Topliss-reactive ketones (excluding diaryl/α,β-unsaturated/α-hetero) is 1. The van der Waals surface area contributed by atoms with Gasteiger partial charge in [-0.3, -0.25) is 9.78 Å². The van der Waals surface area contributed by atoms with Crippen LogP contribution >= 0.6 is 0 Å². The number of ketones is 1. The summed E-state index contributed by atoms with van der Waals surface area (Å²) in [6.45, 7) is 3.29. The van der Waals surface area contributed by atoms with Gasteiger partial charge in [-0.1, -0.05) is 72.8 Å². The number of hydrogen-bond donors (Lipinski definition) is 0. The first kappa shape index (κ1) is 32.2. The van der Waals surface area contributed by atoms with Crippen LogP contribution in [0.15, 0.2) is 128 Å². The van der Waals surface area contributed by atoms with Crippen molar-refractivity contribution >= 4 is 5.78 Å². The lowest BCUT2D eigenvalue weighted by Crippen LogP contribution is -2.06. The Morgan fingerprint density at radius 1 is 0.633 bits per heavy atom. The predicted octanol–water partition coefficient (Wildman–Crippen LogP) is 8.79. The third-order valence-electron chi connectivity index (χ3n) is 8.72. The minimum atomic E-state index is 0.225. The van der Waals surface area contributed by atoms with Crippen LogP contribution in [0.5, 0.6) is 5.75 Å². The third-order valence-corrected chi connectivity index (χ3v) is 8.72. The molecular weight excluding hydrogens is 610 g/mol. The highest BCUT2D eigenvalue weighted by Crippen LogP contribution is 2.35. The van der Waals surface area contributed by atoms with Gasteiger partial charge in [0.25, 0.3) is 0 Å². The predicted molar refractivity (Wildman–Crippen MR) is 192 cm³/mol. The van der Waals surface area contributed by atoms with E-state index in [0.717, 1.165) is 75.3 Å². The van der Waals surface area contributed by atoms with Crippen LogP contribution in [0, 0.1) is 0 Å². The zero-order chi connectivity index (χ0) is 33.3. The molecule has 7 nitrogen and oxygen atoms in total. The fourth-order valence-corrected chi connectivity index (χ4v) is 6.09. The van der Waals surface area contributed by atoms with Crippen molar-refractivity contribution in [3.05, 3.63) is 144 Å². The molecule has 7 heteroatoms. The zero-order valence-corrected chi connectivity index (χ0v) is 27.5. The molecule has 0 atom stereocenters. The molecule has 4 aromatic carbocycles. The molecule has 0 spiro atoms. The molecule has 1 aliphatic carbocycles. The van der Waals surface area contributed by atoms with Gasteiger partial charge in [-0.2, -0.15) is 5.10 Å². The summed E-state index contributed by atoms with van der Waals surface area (Å²) in [7, 11) is 0. The van der Waals surface area contributed by atoms with Gasteiger partial charge in [0.2, 0.25) is 0 Å². The third kappa shape index (κ3) is 8.03. The van der Waals surface area contributed by atoms with Crippen molar-refractivity contribution in [2.45, 2.75) is 32.3 Å². The van der Waals surface area contributed by atoms with Gasteiger partial charge in [0.05, 0.1) is 18.9 Å². The van der Waals surface area contributed by atoms with Gasteiger partial charge >= 0.3 is 0 Å². The molecule has 0 saturated heterocycles. The maximum Gasteiger partial charge on any atom is 0.163 e. The number of rotatable bonds is 15. The molecule has 0 saturated carbocycles. The average Bonchev–Trinajstić information content (AvgIpc) is 3.77. The first-order valence-corrected chi connectivity index (χ1v) is 16.9. The summed E-state index contributed by atoms with van der Waals surface area (Å²) in [5.74, 6) is 1.07. The Labute approximate surface area is 287 Å². The summed E-state index contributed by atoms with van der Waals surface area (Å²) in [6.07, 6.45) is 8.72. The Hall–Kier alpha value is -5.37. The lowest BCUT2D eigenvalue weighted by Gasteiger charge is -2.09. The number of pyridine rings is 1. The van der Waals surface area contributed by atoms with Gasteiger partial charge < -0.3 is 14.2 Å². The number of ether oxygens (including phenoxy) is 3. The van der Waals surface area contributed by atoms with E-state index in [-0.39, 0.29) is 5.78 Å². The van der Waals surface area contributed by atoms with E-state index in [1.54, 1.807) is 12.4 Å². The Morgan fingerprint density at radius 2 is 1.33 bits per heavy atom. The van der Waals surface area contributed by atoms with E-state index in [4.69, 9.17) is 19.3 Å². The van der Waals surface area contributed by atoms with Crippen molar-refractivity contribution < 1.29 is 19.0 Å². The molecule has 0 aliphatic heterocycles. The van der Waals surface area contributed by atoms with Crippen molar-refractivity contribution in [3.8, 4) is 44.9 Å². The quantitative estimate of drug-likeness (QED) is 0.104. The monoisotopic (exact) mass is 649 g/mol. The molecule has 0 N–H and O–H groups in total. The normalized spacial score (nSPS) is 12.3. The Morgan fingerprint density at radius 3 is 2.10 bits per heavy atom. The van der Waals surface area contributed by atoms with E-state index in [1.165, 1.54) is 5.56 Å². The lowest BCUT2D eigenvalue weighted by atomic mass is 9.98. The number of fused-ring (bicyclic) bond motifs is 1. The number of carbonyl (C=O) groups excluding carboxylic acids is 1. The van der Waals surface area contributed by atoms with Crippen LogP contribution < -0.4 is 4.74 Å². The van der Waals surface area contributed by atoms with Gasteiger partial charge in [-0.15, -0.1) is 0 Å². The second-order valence-electron chi connectivity index (χ2n) is 12.1. The molecule has 0 unspecified atom stereocenters. The van der Waals surface area contributed by atoms with Crippen molar-refractivity contribution in [1.82, 2.24) is 14.8 Å². The summed E-state index contributed by atoms with van der Waals surface area (Å²) in [6, 6.07) is 36.9. The van der Waals surface area contributed by atoms with E-state index >= 15 is 0 Å². The molecule has 0 amide bonds. The van der Waals surface area contributed by atoms with Gasteiger partial charge in [0.15, 0.2) is 5.78 Å². The maximum atomic E-state index is 12.2. The number of carbonyl (C=O) groups is 1. The summed E-state index contributed by atoms with van der Waals surface area (Å²) < 4.78 is 19.3. The highest BCUT2D eigenvalue weighted by Gasteiger charge is 2.21. The number of nitrogens with zero attached hydrogens (tertiary/aromatic N) is 3. The average molecular weight is 650 g/mol. The number of aryl methyl sites for hydroxylation is 1. The summed E-state index contributed by atoms with van der Waals surface area (Å²) in [4.78, 5) is 16.4. The van der Waals surface area contributed by atoms with Crippen LogP contribution in [-0.4, -0.2) is 47.0 Å². The molecule has 0 radical (unpaired) electrons. The molecule has 1 aliphatic rings. The van der Waals surface area contributed by atoms with Crippen LogP contribution in [0.25, 0.3) is 39.2 Å². The zero-order valence-electron chi connectivity index (χ0n) is 27.5. The fourth-order valence-electron chi connectivity index (χ4n) is 6.09. The fraction of sp³-hybridized carbons (Fsp3) is 0.214. The van der Waals surface area contributed by atoms with E-state index < -0.39 is 0 Å². The van der Waals surface area contributed by atoms with Crippen LogP contribution in [0.3, 0.4) is 0 Å². The second-order valence-corrected chi connectivity index (χ2v) is 12.1. The van der Waals surface area contributed by atoms with Gasteiger partial charge in [-0.25, -0.2) is 4.68 Å². The molecule has 246 valence electrons. The van der Waals surface area contributed by atoms with Crippen molar-refractivity contribution in [2.24, 2.45) is 0 Å². The van der Waals surface area contributed by atoms with E-state index in [9.17, 15) is 4.79 Å². The Kier molecular flexibility index (Phi) is 10.3. The van der Waals surface area contributed by atoms with Gasteiger partial charge in [0, 0.05) is 67.9 Å². The molecule has 0 fully saturated rings. The minimum Gasteiger partial charge on any atom is -0.494 e. The van der Waals surface area contributed by atoms with Crippen molar-refractivity contribution in [2.75, 3.05) is 26.4 Å². The topological polar surface area (TPSA) is 75.5 Å². The molecule has 2 heterocycles. The second kappa shape index (κ2) is 15.7. The molecule has 6 aromatic rings. The summed E-state index contributed by atoms with van der Waals surface area (Å²) in [5, 5.41) is 5.01. The highest BCUT2D eigenvalue weighted by atomic mass is 16.5. The lowest BCUT2D eigenvalue weighted by molar-refractivity contribution is 0.0713. The van der Waals surface area contributed by atoms with E-state index in [0.29, 0.717) is 39.5 Å². The smallest absolute Gasteiger partial charge is 0.163 e. The molecule has 2 aromatic heterocycles. The van der Waals surface area contributed by atoms with Crippen LogP contribution in [0.4, 0.5) is 0 Å². The first-order chi connectivity index (χ1) is 24.2. The first-order valence-electron chi connectivity index (χ1n) is 16.9. The minimum absolute atomic E-state index is 0.225. The van der Waals surface area contributed by atoms with E-state index in [2.05, 4.69) is 65.8 Å². The van der Waals surface area contributed by atoms with Crippen molar-refractivity contribution in [1.29, 1.82) is 0 Å². The van der Waals surface area contributed by atoms with Gasteiger partial charge in [-0.05, 0) is 77.1 Å². The Balaban J connectivity index is 0.920. The molecular formula is C42H39N3O4. The summed E-state index contributed by atoms with van der Waals surface area (Å²) >= 11 is 0. The van der Waals surface area contributed by atoms with E-state index in [1.807, 2.05) is 59.3 Å². The molecule has 49 heavy (non-hydrogen) atoms. The maximum absolute atomic E-state index is 12.2. The van der Waals surface area contributed by atoms with Crippen LogP contribution in [-0.2, 0) is 22.5 Å². The number of aromatic nitrogens is 3. The standard InChI is InChI=1S/C42H39N3O4/c46-41-19-13-35-28-36(12-18-39(35)41)40-29-45(44-42(40)34-20-22-43-23-21-34)37-14-8-32(9-15-37)33-10-16-38(17-11-33)49-27-5-25-47-24-4-26-48-30-31-6-2-1-3-7-31/h1-3,6-12,14-18,20-23,28-29H,4-5,13,19,24-27,30H2. The number of benzene rings is 4. The summed E-state index contributed by atoms with van der Waals surface area (Å²) in [5.41, 5.74) is 10.3. The Bertz CT molecular complexity index is 1970. The van der Waals surface area contributed by atoms with Crippen molar-refractivity contribution in [3.63, 3.8) is 0 Å². The SMILES string of the molecule is O=C1CCc2cc(-c3cn(-c4ccc(-c5ccc(OCCCOCCCOCc6ccccc6)cc5)cc4)nc3-c3ccncc3)ccc21. The van der Waals surface area contributed by atoms with Gasteiger partial charge in [0.1, 0.15) is 11.4 Å². The number of hydrogen-bond acceptors (Lipinski definition) is 6. The molecule has 0 bridgehead atoms. The largest absolute Gasteiger partial charge is 0.494 e. The van der Waals surface area contributed by atoms with Crippen LogP contribution in [0.2, 0.25) is 0 Å². The van der Waals surface area contributed by atoms with Crippen LogP contribution in [0.1, 0.15) is 40.7 Å². The molecule has 7 rings (SSSR count). The highest BCUT2D eigenvalue weighted by molar-refractivity contribution is 6.01.